The first-order valence-electron chi connectivity index (χ1n) is 4.69. The second-order valence-corrected chi connectivity index (χ2v) is 6.42. The van der Waals surface area contributed by atoms with E-state index < -0.39 is 9.73 Å². The summed E-state index contributed by atoms with van der Waals surface area (Å²) in [7, 11) is -0.440. The zero-order valence-electron chi connectivity index (χ0n) is 8.40. The first-order chi connectivity index (χ1) is 7.13. The van der Waals surface area contributed by atoms with Crippen LogP contribution < -0.4 is 4.74 Å². The Morgan fingerprint density at radius 3 is 2.73 bits per heavy atom. The molecule has 1 aromatic carbocycles. The third-order valence-electron chi connectivity index (χ3n) is 2.33. The van der Waals surface area contributed by atoms with E-state index in [-0.39, 0.29) is 0 Å². The van der Waals surface area contributed by atoms with Crippen LogP contribution in [0.25, 0.3) is 0 Å². The highest BCUT2D eigenvalue weighted by Crippen LogP contribution is 2.33. The molecule has 1 aliphatic rings. The van der Waals surface area contributed by atoms with Crippen molar-refractivity contribution in [3.63, 3.8) is 0 Å². The largest absolute Gasteiger partial charge is 0.494 e. The molecule has 0 radical (unpaired) electrons. The fourth-order valence-electron chi connectivity index (χ4n) is 1.40. The standard InChI is InChI=1S/C10H12ClNO2S/c1-14-10-4-3-8(11)7-9(10)12-15(13)5-2-6-15/h3-4,7H,2,5-6H2,1H3. The Hall–Kier alpha value is -0.740. The van der Waals surface area contributed by atoms with E-state index in [4.69, 9.17) is 16.3 Å². The van der Waals surface area contributed by atoms with Gasteiger partial charge in [0.15, 0.2) is 0 Å². The zero-order valence-corrected chi connectivity index (χ0v) is 9.98. The number of methoxy groups -OCH3 is 1. The maximum Gasteiger partial charge on any atom is 0.145 e. The Labute approximate surface area is 94.6 Å². The lowest BCUT2D eigenvalue weighted by Crippen LogP contribution is -2.23. The molecule has 82 valence electrons. The summed E-state index contributed by atoms with van der Waals surface area (Å²) in [6, 6.07) is 5.15. The van der Waals surface area contributed by atoms with E-state index >= 15 is 0 Å². The van der Waals surface area contributed by atoms with Crippen LogP contribution in [0.5, 0.6) is 5.75 Å². The highest BCUT2D eigenvalue weighted by molar-refractivity contribution is 7.95. The fourth-order valence-corrected chi connectivity index (χ4v) is 3.03. The van der Waals surface area contributed by atoms with Crippen molar-refractivity contribution in [3.8, 4) is 5.75 Å². The van der Waals surface area contributed by atoms with Gasteiger partial charge in [-0.25, -0.2) is 4.21 Å². The SMILES string of the molecule is COc1ccc(Cl)cc1N=S1(=O)CCC1. The van der Waals surface area contributed by atoms with Crippen LogP contribution in [0.3, 0.4) is 0 Å². The molecule has 0 saturated carbocycles. The van der Waals surface area contributed by atoms with Gasteiger partial charge in [-0.1, -0.05) is 11.6 Å². The molecule has 0 amide bonds. The summed E-state index contributed by atoms with van der Waals surface area (Å²) in [5.41, 5.74) is 0.592. The Bertz CT molecular complexity index is 482. The Morgan fingerprint density at radius 1 is 1.47 bits per heavy atom. The molecule has 1 aromatic rings. The number of hydrogen-bond donors (Lipinski definition) is 0. The second kappa shape index (κ2) is 4.02. The third kappa shape index (κ3) is 2.26. The normalized spacial score (nSPS) is 18.0. The van der Waals surface area contributed by atoms with Gasteiger partial charge in [-0.05, 0) is 24.6 Å². The maximum atomic E-state index is 11.9. The molecular formula is C10H12ClNO2S. The minimum Gasteiger partial charge on any atom is -0.494 e. The van der Waals surface area contributed by atoms with Gasteiger partial charge in [0.1, 0.15) is 11.4 Å². The lowest BCUT2D eigenvalue weighted by Gasteiger charge is -2.18. The summed E-state index contributed by atoms with van der Waals surface area (Å²) < 4.78 is 21.3. The van der Waals surface area contributed by atoms with Crippen molar-refractivity contribution in [1.29, 1.82) is 0 Å². The van der Waals surface area contributed by atoms with Crippen LogP contribution in [0.4, 0.5) is 5.69 Å². The van der Waals surface area contributed by atoms with Crippen molar-refractivity contribution in [2.75, 3.05) is 18.6 Å². The summed E-state index contributed by atoms with van der Waals surface area (Å²) in [5, 5.41) is 0.580. The summed E-state index contributed by atoms with van der Waals surface area (Å²) in [4.78, 5) is 0. The van der Waals surface area contributed by atoms with Crippen molar-refractivity contribution in [2.24, 2.45) is 4.36 Å². The lowest BCUT2D eigenvalue weighted by molar-refractivity contribution is 0.416. The molecule has 1 aliphatic heterocycles. The number of nitrogens with zero attached hydrogens (tertiary/aromatic N) is 1. The van der Waals surface area contributed by atoms with Gasteiger partial charge < -0.3 is 4.74 Å². The van der Waals surface area contributed by atoms with Crippen LogP contribution in [0.15, 0.2) is 22.6 Å². The van der Waals surface area contributed by atoms with Crippen molar-refractivity contribution in [1.82, 2.24) is 0 Å². The van der Waals surface area contributed by atoms with E-state index in [1.54, 1.807) is 25.3 Å². The fraction of sp³-hybridized carbons (Fsp3) is 0.400. The van der Waals surface area contributed by atoms with Gasteiger partial charge in [0.05, 0.1) is 16.8 Å². The molecule has 15 heavy (non-hydrogen) atoms. The van der Waals surface area contributed by atoms with Crippen molar-refractivity contribution >= 4 is 27.0 Å². The summed E-state index contributed by atoms with van der Waals surface area (Å²) >= 11 is 5.86. The monoisotopic (exact) mass is 245 g/mol. The Kier molecular flexibility index (Phi) is 2.89. The summed E-state index contributed by atoms with van der Waals surface area (Å²) in [6.07, 6.45) is 0.991. The molecule has 5 heteroatoms. The third-order valence-corrected chi connectivity index (χ3v) is 4.95. The van der Waals surface area contributed by atoms with Crippen LogP contribution in [-0.4, -0.2) is 22.8 Å². The Balaban J connectivity index is 2.47. The van der Waals surface area contributed by atoms with Gasteiger partial charge >= 0.3 is 0 Å². The minimum atomic E-state index is -2.00. The molecule has 0 aliphatic carbocycles. The predicted octanol–water partition coefficient (Wildman–Crippen LogP) is 2.85. The number of benzene rings is 1. The number of ether oxygens (including phenoxy) is 1. The number of rotatable bonds is 2. The first-order valence-corrected chi connectivity index (χ1v) is 6.92. The van der Waals surface area contributed by atoms with E-state index in [0.717, 1.165) is 6.42 Å². The molecule has 0 unspecified atom stereocenters. The molecule has 0 atom stereocenters. The average Bonchev–Trinajstić information content (AvgIpc) is 2.16. The molecule has 3 nitrogen and oxygen atoms in total. The van der Waals surface area contributed by atoms with Crippen LogP contribution >= 0.6 is 11.6 Å². The molecule has 0 aromatic heterocycles. The lowest BCUT2D eigenvalue weighted by atomic mass is 10.3. The van der Waals surface area contributed by atoms with Crippen LogP contribution in [0.2, 0.25) is 5.02 Å². The van der Waals surface area contributed by atoms with Crippen molar-refractivity contribution < 1.29 is 8.95 Å². The molecule has 1 saturated heterocycles. The van der Waals surface area contributed by atoms with Crippen molar-refractivity contribution in [2.45, 2.75) is 6.42 Å². The van der Waals surface area contributed by atoms with Crippen LogP contribution in [0, 0.1) is 0 Å². The molecular weight excluding hydrogens is 234 g/mol. The second-order valence-electron chi connectivity index (χ2n) is 3.44. The highest BCUT2D eigenvalue weighted by Gasteiger charge is 2.20. The van der Waals surface area contributed by atoms with Crippen LogP contribution in [0.1, 0.15) is 6.42 Å². The van der Waals surface area contributed by atoms with E-state index in [0.29, 0.717) is 28.0 Å². The van der Waals surface area contributed by atoms with Gasteiger partial charge in [0.2, 0.25) is 0 Å². The number of halogens is 1. The maximum absolute atomic E-state index is 11.9. The van der Waals surface area contributed by atoms with Crippen molar-refractivity contribution in [3.05, 3.63) is 23.2 Å². The van der Waals surface area contributed by atoms with Gasteiger partial charge in [-0.3, -0.25) is 0 Å². The summed E-state index contributed by atoms with van der Waals surface area (Å²) in [6.45, 7) is 0. The summed E-state index contributed by atoms with van der Waals surface area (Å²) in [5.74, 6) is 1.99. The smallest absolute Gasteiger partial charge is 0.145 e. The average molecular weight is 246 g/mol. The van der Waals surface area contributed by atoms with Gasteiger partial charge in [-0.2, -0.15) is 4.36 Å². The van der Waals surface area contributed by atoms with E-state index in [2.05, 4.69) is 4.36 Å². The molecule has 2 rings (SSSR count). The Morgan fingerprint density at radius 2 is 2.20 bits per heavy atom. The van der Waals surface area contributed by atoms with E-state index in [9.17, 15) is 4.21 Å². The van der Waals surface area contributed by atoms with Crippen LogP contribution in [-0.2, 0) is 9.73 Å². The number of hydrogen-bond acceptors (Lipinski definition) is 3. The first kappa shape index (κ1) is 10.8. The van der Waals surface area contributed by atoms with E-state index in [1.807, 2.05) is 0 Å². The molecule has 1 fully saturated rings. The minimum absolute atomic E-state index is 0.580. The molecule has 0 spiro atoms. The molecule has 1 heterocycles. The van der Waals surface area contributed by atoms with Gasteiger partial charge in [0, 0.05) is 16.5 Å². The van der Waals surface area contributed by atoms with Gasteiger partial charge in [-0.15, -0.1) is 0 Å². The predicted molar refractivity (Wildman–Crippen MR) is 62.6 cm³/mol. The van der Waals surface area contributed by atoms with E-state index in [1.165, 1.54) is 0 Å². The topological polar surface area (TPSA) is 38.7 Å². The van der Waals surface area contributed by atoms with Gasteiger partial charge in [0.25, 0.3) is 0 Å². The molecule has 0 N–H and O–H groups in total. The quantitative estimate of drug-likeness (QED) is 0.804. The zero-order chi connectivity index (χ0) is 10.9. The highest BCUT2D eigenvalue weighted by atomic mass is 35.5. The molecule has 0 bridgehead atoms.